The van der Waals surface area contributed by atoms with E-state index in [0.29, 0.717) is 51.9 Å². The summed E-state index contributed by atoms with van der Waals surface area (Å²) in [7, 11) is -3.71. The molecule has 2 aromatic heterocycles. The van der Waals surface area contributed by atoms with Crippen molar-refractivity contribution >= 4 is 32.4 Å². The van der Waals surface area contributed by atoms with E-state index < -0.39 is 15.8 Å². The Balaban J connectivity index is 1.32. The summed E-state index contributed by atoms with van der Waals surface area (Å²) in [6, 6.07) is 12.1. The second-order valence-corrected chi connectivity index (χ2v) is 12.6. The number of fused-ring (bicyclic) bond motifs is 1. The largest absolute Gasteiger partial charge is 0.437 e. The summed E-state index contributed by atoms with van der Waals surface area (Å²) in [6.45, 7) is 3.75. The highest BCUT2D eigenvalue weighted by molar-refractivity contribution is 7.92. The Morgan fingerprint density at radius 1 is 1.05 bits per heavy atom. The summed E-state index contributed by atoms with van der Waals surface area (Å²) in [5, 5.41) is 7.76. The second kappa shape index (κ2) is 11.6. The molecular weight excluding hydrogens is 543 g/mol. The predicted molar refractivity (Wildman–Crippen MR) is 158 cm³/mol. The maximum Gasteiger partial charge on any atom is 0.232 e. The average molecular weight is 577 g/mol. The first-order valence-corrected chi connectivity index (χ1v) is 15.7. The van der Waals surface area contributed by atoms with Gasteiger partial charge in [0.15, 0.2) is 0 Å². The molecule has 2 fully saturated rings. The number of hydrogen-bond donors (Lipinski definition) is 3. The molecule has 3 N–H and O–H groups in total. The standard InChI is InChI=1S/C30H33FN6O3S/c1-19-6-9-22-23(10-11-25(31)27(22)37-41(38,39)17-13-20-7-8-20)28(19)40-29-24(5-3-15-33-29)26-12-16-34-30(36-26)35-21-4-2-14-32-18-21/h3,5-6,9-12,15-16,20-21,32,37H,2,4,7-8,13-14,17-18H2,1H3,(H,34,35,36). The summed E-state index contributed by atoms with van der Waals surface area (Å²) in [5.41, 5.74) is 2.02. The third-order valence-electron chi connectivity index (χ3n) is 7.58. The zero-order valence-electron chi connectivity index (χ0n) is 22.9. The van der Waals surface area contributed by atoms with Crippen LogP contribution >= 0.6 is 0 Å². The molecule has 214 valence electrons. The summed E-state index contributed by atoms with van der Waals surface area (Å²) in [5.74, 6) is 1.08. The van der Waals surface area contributed by atoms with Crippen LogP contribution in [0.25, 0.3) is 22.0 Å². The summed E-state index contributed by atoms with van der Waals surface area (Å²) < 4.78 is 49.5. The number of benzene rings is 2. The van der Waals surface area contributed by atoms with Crippen LogP contribution in [0.5, 0.6) is 11.6 Å². The normalized spacial score (nSPS) is 17.4. The molecule has 6 rings (SSSR count). The number of piperidine rings is 1. The summed E-state index contributed by atoms with van der Waals surface area (Å²) in [6.07, 6.45) is 8.15. The Kier molecular flexibility index (Phi) is 7.72. The van der Waals surface area contributed by atoms with Crippen LogP contribution in [0.2, 0.25) is 0 Å². The average Bonchev–Trinajstić information content (AvgIpc) is 3.81. The number of nitrogens with zero attached hydrogens (tertiary/aromatic N) is 3. The molecule has 41 heavy (non-hydrogen) atoms. The molecule has 1 aliphatic heterocycles. The molecule has 1 saturated heterocycles. The van der Waals surface area contributed by atoms with Crippen molar-refractivity contribution < 1.29 is 17.5 Å². The fourth-order valence-corrected chi connectivity index (χ4v) is 6.40. The number of aryl methyl sites for hydroxylation is 1. The Morgan fingerprint density at radius 3 is 2.71 bits per heavy atom. The number of pyridine rings is 1. The SMILES string of the molecule is Cc1ccc2c(NS(=O)(=O)CCC3CC3)c(F)ccc2c1Oc1ncccc1-c1ccnc(NC2CCCNC2)n1. The van der Waals surface area contributed by atoms with Gasteiger partial charge in [0.1, 0.15) is 11.6 Å². The van der Waals surface area contributed by atoms with Gasteiger partial charge in [-0.15, -0.1) is 0 Å². The number of halogens is 1. The van der Waals surface area contributed by atoms with Gasteiger partial charge in [0.05, 0.1) is 22.7 Å². The van der Waals surface area contributed by atoms with E-state index in [1.807, 2.05) is 19.1 Å². The lowest BCUT2D eigenvalue weighted by Crippen LogP contribution is -2.38. The van der Waals surface area contributed by atoms with Crippen LogP contribution in [0, 0.1) is 18.7 Å². The van der Waals surface area contributed by atoms with Crippen molar-refractivity contribution in [1.82, 2.24) is 20.3 Å². The van der Waals surface area contributed by atoms with Crippen LogP contribution in [0.1, 0.15) is 37.7 Å². The lowest BCUT2D eigenvalue weighted by atomic mass is 10.0. The molecule has 2 aromatic carbocycles. The number of ether oxygens (including phenoxy) is 1. The third kappa shape index (κ3) is 6.41. The molecule has 0 amide bonds. The molecule has 0 radical (unpaired) electrons. The second-order valence-electron chi connectivity index (χ2n) is 10.8. The Hall–Kier alpha value is -3.83. The van der Waals surface area contributed by atoms with Gasteiger partial charge in [0, 0.05) is 35.8 Å². The highest BCUT2D eigenvalue weighted by atomic mass is 32.2. The van der Waals surface area contributed by atoms with Crippen molar-refractivity contribution in [3.63, 3.8) is 0 Å². The Labute approximate surface area is 239 Å². The van der Waals surface area contributed by atoms with Crippen molar-refractivity contribution in [2.24, 2.45) is 5.92 Å². The number of sulfonamides is 1. The van der Waals surface area contributed by atoms with E-state index in [0.717, 1.165) is 44.3 Å². The van der Waals surface area contributed by atoms with Crippen molar-refractivity contribution in [2.75, 3.05) is 28.9 Å². The number of anilines is 2. The molecule has 2 aliphatic rings. The van der Waals surface area contributed by atoms with Crippen LogP contribution in [0.3, 0.4) is 0 Å². The molecule has 4 aromatic rings. The van der Waals surface area contributed by atoms with Crippen molar-refractivity contribution in [3.8, 4) is 22.9 Å². The maximum atomic E-state index is 15.0. The molecule has 3 heterocycles. The van der Waals surface area contributed by atoms with E-state index in [1.165, 1.54) is 6.07 Å². The van der Waals surface area contributed by atoms with Gasteiger partial charge >= 0.3 is 0 Å². The van der Waals surface area contributed by atoms with Gasteiger partial charge in [0.25, 0.3) is 0 Å². The van der Waals surface area contributed by atoms with Crippen LogP contribution in [0.15, 0.2) is 54.9 Å². The number of nitrogens with one attached hydrogen (secondary N) is 3. The van der Waals surface area contributed by atoms with Crippen molar-refractivity contribution in [1.29, 1.82) is 0 Å². The van der Waals surface area contributed by atoms with E-state index in [-0.39, 0.29) is 17.5 Å². The van der Waals surface area contributed by atoms with Crippen LogP contribution in [-0.2, 0) is 10.0 Å². The first-order valence-electron chi connectivity index (χ1n) is 14.0. The molecule has 0 bridgehead atoms. The Morgan fingerprint density at radius 2 is 1.90 bits per heavy atom. The molecule has 1 saturated carbocycles. The fraction of sp³-hybridized carbons (Fsp3) is 0.367. The van der Waals surface area contributed by atoms with Gasteiger partial charge in [-0.2, -0.15) is 0 Å². The smallest absolute Gasteiger partial charge is 0.232 e. The highest BCUT2D eigenvalue weighted by Gasteiger charge is 2.25. The zero-order chi connectivity index (χ0) is 28.4. The zero-order valence-corrected chi connectivity index (χ0v) is 23.7. The minimum Gasteiger partial charge on any atom is -0.437 e. The summed E-state index contributed by atoms with van der Waals surface area (Å²) in [4.78, 5) is 13.6. The van der Waals surface area contributed by atoms with Gasteiger partial charge in [-0.3, -0.25) is 4.72 Å². The molecule has 11 heteroatoms. The number of aromatic nitrogens is 3. The lowest BCUT2D eigenvalue weighted by Gasteiger charge is -2.23. The molecule has 1 aliphatic carbocycles. The monoisotopic (exact) mass is 576 g/mol. The van der Waals surface area contributed by atoms with E-state index >= 15 is 4.39 Å². The first kappa shape index (κ1) is 27.3. The fourth-order valence-electron chi connectivity index (χ4n) is 5.13. The third-order valence-corrected chi connectivity index (χ3v) is 8.87. The lowest BCUT2D eigenvalue weighted by molar-refractivity contribution is 0.466. The quantitative estimate of drug-likeness (QED) is 0.222. The van der Waals surface area contributed by atoms with E-state index in [9.17, 15) is 8.42 Å². The predicted octanol–water partition coefficient (Wildman–Crippen LogP) is 5.64. The molecule has 9 nitrogen and oxygen atoms in total. The van der Waals surface area contributed by atoms with Gasteiger partial charge in [-0.05, 0) is 74.5 Å². The van der Waals surface area contributed by atoms with Crippen LogP contribution in [0.4, 0.5) is 16.0 Å². The van der Waals surface area contributed by atoms with Crippen molar-refractivity contribution in [3.05, 3.63) is 66.2 Å². The minimum atomic E-state index is -3.71. The summed E-state index contributed by atoms with van der Waals surface area (Å²) >= 11 is 0. The number of hydrogen-bond acceptors (Lipinski definition) is 8. The molecule has 1 unspecified atom stereocenters. The van der Waals surface area contributed by atoms with E-state index in [4.69, 9.17) is 9.72 Å². The van der Waals surface area contributed by atoms with E-state index in [2.05, 4.69) is 25.3 Å². The van der Waals surface area contributed by atoms with Gasteiger partial charge < -0.3 is 15.4 Å². The molecular formula is C30H33FN6O3S. The number of rotatable bonds is 10. The molecule has 0 spiro atoms. The van der Waals surface area contributed by atoms with Crippen LogP contribution in [-0.4, -0.2) is 48.3 Å². The van der Waals surface area contributed by atoms with Crippen molar-refractivity contribution in [2.45, 2.75) is 45.1 Å². The minimum absolute atomic E-state index is 0.0347. The van der Waals surface area contributed by atoms with Crippen LogP contribution < -0.4 is 20.1 Å². The van der Waals surface area contributed by atoms with Gasteiger partial charge in [-0.25, -0.2) is 27.8 Å². The topological polar surface area (TPSA) is 118 Å². The molecule has 1 atom stereocenters. The first-order chi connectivity index (χ1) is 19.9. The highest BCUT2D eigenvalue weighted by Crippen LogP contribution is 2.40. The Bertz CT molecular complexity index is 1670. The van der Waals surface area contributed by atoms with E-state index in [1.54, 1.807) is 36.7 Å². The maximum absolute atomic E-state index is 15.0. The van der Waals surface area contributed by atoms with Gasteiger partial charge in [-0.1, -0.05) is 25.0 Å². The van der Waals surface area contributed by atoms with Gasteiger partial charge in [0.2, 0.25) is 21.9 Å².